The summed E-state index contributed by atoms with van der Waals surface area (Å²) in [6.45, 7) is 1.09. The summed E-state index contributed by atoms with van der Waals surface area (Å²) in [5.41, 5.74) is 2.54. The molecule has 2 atom stereocenters. The monoisotopic (exact) mass is 655 g/mol. The van der Waals surface area contributed by atoms with Gasteiger partial charge in [0, 0.05) is 12.5 Å². The summed E-state index contributed by atoms with van der Waals surface area (Å²) in [7, 11) is 0. The van der Waals surface area contributed by atoms with Crippen LogP contribution in [-0.4, -0.2) is 59.8 Å². The van der Waals surface area contributed by atoms with Gasteiger partial charge in [-0.05, 0) is 58.7 Å². The van der Waals surface area contributed by atoms with Crippen LogP contribution in [0.3, 0.4) is 0 Å². The summed E-state index contributed by atoms with van der Waals surface area (Å²) in [6.07, 6.45) is -0.266. The van der Waals surface area contributed by atoms with E-state index in [0.717, 1.165) is 21.9 Å². The quantitative estimate of drug-likeness (QED) is 0.0980. The second kappa shape index (κ2) is 15.0. The number of nitrogens with zero attached hydrogens (tertiary/aromatic N) is 1. The molecule has 0 saturated carbocycles. The van der Waals surface area contributed by atoms with Crippen LogP contribution in [0.25, 0.3) is 10.8 Å². The van der Waals surface area contributed by atoms with Gasteiger partial charge in [-0.3, -0.25) is 0 Å². The molecule has 1 amide bonds. The number of hydrogen-bond acceptors (Lipinski definition) is 6. The van der Waals surface area contributed by atoms with Gasteiger partial charge in [-0.1, -0.05) is 102 Å². The van der Waals surface area contributed by atoms with Crippen molar-refractivity contribution in [3.63, 3.8) is 0 Å². The van der Waals surface area contributed by atoms with Crippen molar-refractivity contribution in [2.75, 3.05) is 32.9 Å². The molecule has 1 heterocycles. The molecule has 4 aromatic carbocycles. The van der Waals surface area contributed by atoms with E-state index in [0.29, 0.717) is 37.4 Å². The van der Waals surface area contributed by atoms with Gasteiger partial charge in [0.05, 0.1) is 24.8 Å². The predicted octanol–water partition coefficient (Wildman–Crippen LogP) is 7.96. The summed E-state index contributed by atoms with van der Waals surface area (Å²) in [5.74, 6) is 0.233. The SMILES string of the molecule is O=C(OCCOc1cccc(C2CCN(C(=O)OCC(Cl)(Cl)Cl)CC2OCc2ccc3ccccc3c2)c1)c1ccccc1. The largest absolute Gasteiger partial charge is 0.490 e. The zero-order valence-electron chi connectivity index (χ0n) is 23.9. The lowest BCUT2D eigenvalue weighted by Crippen LogP contribution is -2.47. The molecule has 5 rings (SSSR count). The fourth-order valence-electron chi connectivity index (χ4n) is 5.19. The molecule has 230 valence electrons. The number of hydrogen-bond donors (Lipinski definition) is 0. The lowest BCUT2D eigenvalue weighted by atomic mass is 9.87. The summed E-state index contributed by atoms with van der Waals surface area (Å²) >= 11 is 17.4. The number of carbonyl (C=O) groups is 2. The van der Waals surface area contributed by atoms with Crippen LogP contribution in [0.5, 0.6) is 5.75 Å². The molecule has 0 N–H and O–H groups in total. The Morgan fingerprint density at radius 1 is 0.818 bits per heavy atom. The number of benzene rings is 4. The lowest BCUT2D eigenvalue weighted by molar-refractivity contribution is -0.0236. The van der Waals surface area contributed by atoms with Crippen molar-refractivity contribution >= 4 is 57.6 Å². The highest BCUT2D eigenvalue weighted by Gasteiger charge is 2.35. The number of fused-ring (bicyclic) bond motifs is 1. The number of alkyl halides is 3. The minimum atomic E-state index is -1.69. The predicted molar refractivity (Wildman–Crippen MR) is 172 cm³/mol. The Kier molecular flexibility index (Phi) is 10.9. The smallest absolute Gasteiger partial charge is 0.409 e. The molecule has 10 heteroatoms. The van der Waals surface area contributed by atoms with Crippen molar-refractivity contribution in [1.82, 2.24) is 4.90 Å². The van der Waals surface area contributed by atoms with Crippen LogP contribution in [0.1, 0.15) is 33.8 Å². The van der Waals surface area contributed by atoms with E-state index in [9.17, 15) is 9.59 Å². The third-order valence-electron chi connectivity index (χ3n) is 7.34. The molecule has 44 heavy (non-hydrogen) atoms. The van der Waals surface area contributed by atoms with E-state index in [1.165, 1.54) is 0 Å². The fraction of sp³-hybridized carbons (Fsp3) is 0.294. The average Bonchev–Trinajstić information content (AvgIpc) is 3.04. The molecule has 7 nitrogen and oxygen atoms in total. The van der Waals surface area contributed by atoms with Gasteiger partial charge in [0.1, 0.15) is 25.6 Å². The minimum Gasteiger partial charge on any atom is -0.490 e. The van der Waals surface area contributed by atoms with E-state index in [1.807, 2.05) is 48.5 Å². The van der Waals surface area contributed by atoms with Crippen molar-refractivity contribution < 1.29 is 28.5 Å². The van der Waals surface area contributed by atoms with Crippen LogP contribution < -0.4 is 4.74 Å². The highest BCUT2D eigenvalue weighted by molar-refractivity contribution is 6.67. The van der Waals surface area contributed by atoms with Crippen LogP contribution in [0.2, 0.25) is 0 Å². The van der Waals surface area contributed by atoms with Gasteiger partial charge in [0.15, 0.2) is 0 Å². The summed E-state index contributed by atoms with van der Waals surface area (Å²) < 4.78 is 21.3. The topological polar surface area (TPSA) is 74.3 Å². The highest BCUT2D eigenvalue weighted by Crippen LogP contribution is 2.34. The maximum absolute atomic E-state index is 12.8. The summed E-state index contributed by atoms with van der Waals surface area (Å²) in [6, 6.07) is 31.0. The van der Waals surface area contributed by atoms with Gasteiger partial charge in [-0.25, -0.2) is 9.59 Å². The van der Waals surface area contributed by atoms with Gasteiger partial charge in [0.2, 0.25) is 3.79 Å². The molecule has 0 spiro atoms. The zero-order chi connectivity index (χ0) is 30.9. The summed E-state index contributed by atoms with van der Waals surface area (Å²) in [4.78, 5) is 26.6. The van der Waals surface area contributed by atoms with E-state index >= 15 is 0 Å². The van der Waals surface area contributed by atoms with Gasteiger partial charge in [-0.15, -0.1) is 0 Å². The fourth-order valence-corrected chi connectivity index (χ4v) is 5.35. The van der Waals surface area contributed by atoms with Crippen LogP contribution in [0.15, 0.2) is 97.1 Å². The minimum absolute atomic E-state index is 0.0212. The Labute approximate surface area is 271 Å². The van der Waals surface area contributed by atoms with Crippen LogP contribution in [-0.2, 0) is 20.8 Å². The Bertz CT molecular complexity index is 1560. The van der Waals surface area contributed by atoms with Crippen molar-refractivity contribution in [1.29, 1.82) is 0 Å². The first-order valence-corrected chi connectivity index (χ1v) is 15.4. The Morgan fingerprint density at radius 2 is 1.59 bits per heavy atom. The number of ether oxygens (including phenoxy) is 4. The molecule has 0 radical (unpaired) electrons. The molecule has 0 aliphatic carbocycles. The zero-order valence-corrected chi connectivity index (χ0v) is 26.1. The molecule has 1 fully saturated rings. The lowest BCUT2D eigenvalue weighted by Gasteiger charge is -2.38. The van der Waals surface area contributed by atoms with Crippen LogP contribution in [0, 0.1) is 0 Å². The standard InChI is InChI=1S/C34H32Cl3NO6/c35-34(36,37)23-44-33(40)38-16-15-30(31(21-38)43-22-24-13-14-25-7-4-5-10-27(25)19-24)28-11-6-12-29(20-28)41-17-18-42-32(39)26-8-2-1-3-9-26/h1-14,19-20,30-31H,15-18,21-23H2. The number of halogens is 3. The molecule has 1 saturated heterocycles. The summed E-state index contributed by atoms with van der Waals surface area (Å²) in [5, 5.41) is 2.28. The number of likely N-dealkylation sites (tertiary alicyclic amines) is 1. The highest BCUT2D eigenvalue weighted by atomic mass is 35.6. The van der Waals surface area contributed by atoms with Gasteiger partial charge in [-0.2, -0.15) is 0 Å². The van der Waals surface area contributed by atoms with E-state index in [4.69, 9.17) is 53.8 Å². The van der Waals surface area contributed by atoms with Gasteiger partial charge in [0.25, 0.3) is 0 Å². The Balaban J connectivity index is 1.24. The second-order valence-corrected chi connectivity index (χ2v) is 13.0. The number of rotatable bonds is 10. The maximum Gasteiger partial charge on any atom is 0.409 e. The first kappa shape index (κ1) is 31.9. The van der Waals surface area contributed by atoms with Crippen molar-refractivity contribution in [3.05, 3.63) is 114 Å². The third kappa shape index (κ3) is 9.02. The number of esters is 1. The van der Waals surface area contributed by atoms with E-state index in [2.05, 4.69) is 24.3 Å². The molecule has 1 aliphatic rings. The van der Waals surface area contributed by atoms with E-state index < -0.39 is 15.9 Å². The third-order valence-corrected chi connectivity index (χ3v) is 7.66. The van der Waals surface area contributed by atoms with E-state index in [1.54, 1.807) is 29.2 Å². The van der Waals surface area contributed by atoms with Crippen LogP contribution >= 0.6 is 34.8 Å². The second-order valence-electron chi connectivity index (χ2n) is 10.5. The number of carbonyl (C=O) groups excluding carboxylic acids is 2. The van der Waals surface area contributed by atoms with Crippen LogP contribution in [0.4, 0.5) is 4.79 Å². The number of amides is 1. The maximum atomic E-state index is 12.8. The van der Waals surface area contributed by atoms with Crippen molar-refractivity contribution in [3.8, 4) is 5.75 Å². The molecule has 0 bridgehead atoms. The molecular formula is C34H32Cl3NO6. The molecule has 4 aromatic rings. The Hall–Kier alpha value is -3.49. The first-order valence-electron chi connectivity index (χ1n) is 14.3. The normalized spacial score (nSPS) is 16.8. The average molecular weight is 657 g/mol. The van der Waals surface area contributed by atoms with Gasteiger partial charge < -0.3 is 23.8 Å². The number of piperidine rings is 1. The van der Waals surface area contributed by atoms with Gasteiger partial charge >= 0.3 is 12.1 Å². The molecule has 0 aromatic heterocycles. The first-order chi connectivity index (χ1) is 21.2. The molecule has 1 aliphatic heterocycles. The van der Waals surface area contributed by atoms with Crippen molar-refractivity contribution in [2.45, 2.75) is 28.8 Å². The van der Waals surface area contributed by atoms with E-state index in [-0.39, 0.29) is 31.8 Å². The molecule has 2 unspecified atom stereocenters. The molecular weight excluding hydrogens is 625 g/mol. The Morgan fingerprint density at radius 3 is 2.39 bits per heavy atom. The van der Waals surface area contributed by atoms with Crippen molar-refractivity contribution in [2.24, 2.45) is 0 Å².